The summed E-state index contributed by atoms with van der Waals surface area (Å²) in [5.41, 5.74) is 1.83. The van der Waals surface area contributed by atoms with Gasteiger partial charge in [-0.25, -0.2) is 13.2 Å². The fourth-order valence-electron chi connectivity index (χ4n) is 4.71. The van der Waals surface area contributed by atoms with Crippen molar-refractivity contribution in [2.75, 3.05) is 4.31 Å². The molecule has 0 fully saturated rings. The zero-order valence-electron chi connectivity index (χ0n) is 23.0. The van der Waals surface area contributed by atoms with Gasteiger partial charge in [0.1, 0.15) is 12.1 Å². The number of benzene rings is 2. The Morgan fingerprint density at radius 1 is 0.947 bits per heavy atom. The highest BCUT2D eigenvalue weighted by Gasteiger charge is 2.38. The van der Waals surface area contributed by atoms with Gasteiger partial charge in [-0.2, -0.15) is 0 Å². The van der Waals surface area contributed by atoms with Crippen molar-refractivity contribution in [1.82, 2.24) is 0 Å². The number of nitrogens with zero attached hydrogens (tertiary/aromatic N) is 2. The van der Waals surface area contributed by atoms with Crippen molar-refractivity contribution < 1.29 is 32.8 Å². The first-order valence-corrected chi connectivity index (χ1v) is 13.8. The number of carboxylic acids is 1. The van der Waals surface area contributed by atoms with Crippen LogP contribution in [-0.4, -0.2) is 36.9 Å². The summed E-state index contributed by atoms with van der Waals surface area (Å²) in [4.78, 5) is 34.0. The van der Waals surface area contributed by atoms with Gasteiger partial charge in [0, 0.05) is 6.07 Å². The molecule has 0 saturated heterocycles. The van der Waals surface area contributed by atoms with Crippen LogP contribution in [0.5, 0.6) is 0 Å². The van der Waals surface area contributed by atoms with Crippen LogP contribution in [0.2, 0.25) is 0 Å². The number of sulfonamides is 1. The Morgan fingerprint density at radius 2 is 1.50 bits per heavy atom. The molecule has 0 saturated carbocycles. The third-order valence-electron chi connectivity index (χ3n) is 6.47. The van der Waals surface area contributed by atoms with Crippen molar-refractivity contribution in [3.8, 4) is 0 Å². The molecule has 0 bridgehead atoms. The minimum Gasteiger partial charge on any atom is -0.480 e. The zero-order valence-corrected chi connectivity index (χ0v) is 23.8. The Hall–Kier alpha value is -3.47. The minimum atomic E-state index is -4.52. The van der Waals surface area contributed by atoms with Gasteiger partial charge in [-0.1, -0.05) is 47.6 Å². The molecule has 0 radical (unpaired) electrons. The third-order valence-corrected chi connectivity index (χ3v) is 8.42. The monoisotopic (exact) mass is 548 g/mol. The largest absolute Gasteiger partial charge is 0.480 e. The summed E-state index contributed by atoms with van der Waals surface area (Å²) in [6.45, 7) is 14.6. The fraction of sp³-hybridized carbons (Fsp3) is 0.481. The Morgan fingerprint density at radius 3 is 1.95 bits per heavy atom. The Kier molecular flexibility index (Phi) is 9.66. The molecule has 0 amide bonds. The van der Waals surface area contributed by atoms with Crippen molar-refractivity contribution in [3.63, 3.8) is 0 Å². The van der Waals surface area contributed by atoms with Crippen LogP contribution in [0.15, 0.2) is 35.2 Å². The molecule has 11 heteroatoms. The van der Waals surface area contributed by atoms with E-state index in [1.807, 2.05) is 41.5 Å². The number of carbonyl (C=O) groups is 2. The molecule has 0 spiro atoms. The molecule has 0 heterocycles. The topological polar surface area (TPSA) is 144 Å². The minimum absolute atomic E-state index is 0.00928. The van der Waals surface area contributed by atoms with E-state index in [1.54, 1.807) is 6.07 Å². The summed E-state index contributed by atoms with van der Waals surface area (Å²) in [7, 11) is -4.52. The van der Waals surface area contributed by atoms with Crippen molar-refractivity contribution in [1.29, 1.82) is 0 Å². The second-order valence-electron chi connectivity index (χ2n) is 10.1. The summed E-state index contributed by atoms with van der Waals surface area (Å²) in [5, 5.41) is 21.7. The number of rotatable bonds is 12. The van der Waals surface area contributed by atoms with Crippen LogP contribution < -0.4 is 4.31 Å². The maximum atomic E-state index is 14.3. The molecule has 2 aromatic rings. The molecule has 0 aromatic heterocycles. The SMILES string of the molecule is CC(C)c1ccc(S(=O)(=O)N(c2ccc(C(C)OC=O)c([N+](=O)[O-])c2)[C@@H](C)C(=O)O)c(C(C)C)c1C(C)C. The number of nitro groups is 1. The molecular formula is C27H36N2O8S. The lowest BCUT2D eigenvalue weighted by Gasteiger charge is -2.31. The van der Waals surface area contributed by atoms with Crippen LogP contribution >= 0.6 is 0 Å². The van der Waals surface area contributed by atoms with E-state index >= 15 is 0 Å². The van der Waals surface area contributed by atoms with Gasteiger partial charge in [0.15, 0.2) is 0 Å². The van der Waals surface area contributed by atoms with Gasteiger partial charge < -0.3 is 9.84 Å². The maximum absolute atomic E-state index is 14.3. The number of anilines is 1. The Labute approximate surface area is 223 Å². The van der Waals surface area contributed by atoms with E-state index in [1.165, 1.54) is 32.0 Å². The number of carboxylic acid groups (broad SMARTS) is 1. The van der Waals surface area contributed by atoms with Crippen molar-refractivity contribution >= 4 is 33.8 Å². The van der Waals surface area contributed by atoms with Crippen LogP contribution in [0.4, 0.5) is 11.4 Å². The van der Waals surface area contributed by atoms with Gasteiger partial charge in [-0.15, -0.1) is 0 Å². The van der Waals surface area contributed by atoms with E-state index in [0.29, 0.717) is 9.87 Å². The first-order valence-electron chi connectivity index (χ1n) is 12.4. The van der Waals surface area contributed by atoms with Gasteiger partial charge in [0.25, 0.3) is 22.2 Å². The van der Waals surface area contributed by atoms with Crippen LogP contribution in [0.1, 0.15) is 102 Å². The normalized spacial score (nSPS) is 13.4. The predicted octanol–water partition coefficient (Wildman–Crippen LogP) is 5.87. The average Bonchev–Trinajstić information content (AvgIpc) is 2.82. The Balaban J connectivity index is 2.94. The fourth-order valence-corrected chi connectivity index (χ4v) is 6.68. The van der Waals surface area contributed by atoms with Crippen LogP contribution in [-0.2, 0) is 24.3 Å². The third kappa shape index (κ3) is 5.98. The zero-order chi connectivity index (χ0) is 29.1. The maximum Gasteiger partial charge on any atom is 0.327 e. The lowest BCUT2D eigenvalue weighted by molar-refractivity contribution is -0.386. The lowest BCUT2D eigenvalue weighted by Crippen LogP contribution is -2.44. The first kappa shape index (κ1) is 30.8. The van der Waals surface area contributed by atoms with E-state index in [0.717, 1.165) is 17.2 Å². The summed E-state index contributed by atoms with van der Waals surface area (Å²) < 4.78 is 34.1. The quantitative estimate of drug-likeness (QED) is 0.197. The molecule has 208 valence electrons. The van der Waals surface area contributed by atoms with Gasteiger partial charge in [-0.3, -0.25) is 19.2 Å². The highest BCUT2D eigenvalue weighted by atomic mass is 32.2. The number of ether oxygens (including phenoxy) is 1. The molecule has 0 aliphatic rings. The summed E-state index contributed by atoms with van der Waals surface area (Å²) >= 11 is 0. The molecule has 0 aliphatic carbocycles. The molecular weight excluding hydrogens is 512 g/mol. The molecule has 10 nitrogen and oxygen atoms in total. The number of hydrogen-bond acceptors (Lipinski definition) is 7. The lowest BCUT2D eigenvalue weighted by atomic mass is 9.83. The van der Waals surface area contributed by atoms with E-state index in [2.05, 4.69) is 0 Å². The Bertz CT molecular complexity index is 1320. The van der Waals surface area contributed by atoms with Crippen LogP contribution in [0, 0.1) is 10.1 Å². The number of nitro benzene ring substituents is 1. The second kappa shape index (κ2) is 11.9. The van der Waals surface area contributed by atoms with Crippen molar-refractivity contribution in [2.45, 2.75) is 90.2 Å². The molecule has 1 N–H and O–H groups in total. The molecule has 2 rings (SSSR count). The predicted molar refractivity (Wildman–Crippen MR) is 144 cm³/mol. The smallest absolute Gasteiger partial charge is 0.327 e. The standard InChI is InChI=1S/C27H36N2O8S/c1-15(2)21-11-12-24(26(17(5)6)25(21)16(3)4)38(35,36)28(18(7)27(31)32)20-9-10-22(19(8)37-14-30)23(13-20)29(33)34/h9-19H,1-8H3,(H,31,32)/t18-,19?/m0/s1. The second-order valence-corrected chi connectivity index (χ2v) is 11.9. The number of carbonyl (C=O) groups excluding carboxylic acids is 1. The summed E-state index contributed by atoms with van der Waals surface area (Å²) in [5.74, 6) is -1.52. The highest BCUT2D eigenvalue weighted by Crippen LogP contribution is 2.40. The summed E-state index contributed by atoms with van der Waals surface area (Å²) in [6.07, 6.45) is -0.978. The molecule has 1 unspecified atom stereocenters. The van der Waals surface area contributed by atoms with Crippen molar-refractivity contribution in [2.24, 2.45) is 0 Å². The van der Waals surface area contributed by atoms with E-state index < -0.39 is 38.7 Å². The molecule has 2 atom stereocenters. The molecule has 38 heavy (non-hydrogen) atoms. The molecule has 0 aliphatic heterocycles. The van der Waals surface area contributed by atoms with Gasteiger partial charge in [0.2, 0.25) is 0 Å². The van der Waals surface area contributed by atoms with E-state index in [-0.39, 0.29) is 40.4 Å². The van der Waals surface area contributed by atoms with Gasteiger partial charge >= 0.3 is 5.97 Å². The molecule has 2 aromatic carbocycles. The summed E-state index contributed by atoms with van der Waals surface area (Å²) in [6, 6.07) is 5.22. The first-order chi connectivity index (χ1) is 17.6. The average molecular weight is 549 g/mol. The van der Waals surface area contributed by atoms with Crippen molar-refractivity contribution in [3.05, 3.63) is 62.7 Å². The van der Waals surface area contributed by atoms with E-state index in [4.69, 9.17) is 4.74 Å². The van der Waals surface area contributed by atoms with Gasteiger partial charge in [0.05, 0.1) is 21.1 Å². The highest BCUT2D eigenvalue weighted by molar-refractivity contribution is 7.93. The number of aliphatic carboxylic acids is 1. The van der Waals surface area contributed by atoms with Gasteiger partial charge in [-0.05, 0) is 66.5 Å². The number of hydrogen-bond donors (Lipinski definition) is 1. The van der Waals surface area contributed by atoms with Crippen LogP contribution in [0.25, 0.3) is 0 Å². The van der Waals surface area contributed by atoms with Crippen LogP contribution in [0.3, 0.4) is 0 Å². The van der Waals surface area contributed by atoms with E-state index in [9.17, 15) is 33.2 Å².